The molecular weight excluding hydrogens is 103 g/mol. The zero-order valence-electron chi connectivity index (χ0n) is 4.13. The molecule has 1 aromatic rings. The predicted octanol–water partition coefficient (Wildman–Crippen LogP) is -0.566. The van der Waals surface area contributed by atoms with E-state index in [0.717, 1.165) is 0 Å². The van der Waals surface area contributed by atoms with E-state index >= 15 is 0 Å². The van der Waals surface area contributed by atoms with E-state index in [1.54, 1.807) is 0 Å². The van der Waals surface area contributed by atoms with Crippen LogP contribution in [0.2, 0.25) is 0 Å². The molecule has 0 aliphatic carbocycles. The maximum atomic E-state index is 10.2. The molecule has 1 aromatic heterocycles. The Kier molecular flexibility index (Phi) is 1.20. The summed E-state index contributed by atoms with van der Waals surface area (Å²) >= 11 is 0. The molecule has 0 N–H and O–H groups in total. The fourth-order valence-corrected chi connectivity index (χ4v) is 0.369. The van der Waals surface area contributed by atoms with Crippen LogP contribution >= 0.6 is 0 Å². The minimum atomic E-state index is -0.376. The maximum Gasteiger partial charge on any atom is 0.335 e. The summed E-state index contributed by atoms with van der Waals surface area (Å²) in [6.07, 6.45) is 1.21. The maximum absolute atomic E-state index is 10.2. The van der Waals surface area contributed by atoms with E-state index in [1.165, 1.54) is 18.4 Å². The molecule has 0 atom stereocenters. The largest absolute Gasteiger partial charge is 0.432 e. The summed E-state index contributed by atoms with van der Waals surface area (Å²) in [7, 11) is 5.19. The second-order valence-corrected chi connectivity index (χ2v) is 1.39. The van der Waals surface area contributed by atoms with Crippen LogP contribution in [0, 0.1) is 0 Å². The molecule has 0 aliphatic heterocycles. The summed E-state index contributed by atoms with van der Waals surface area (Å²) in [5.74, 6) is 0. The van der Waals surface area contributed by atoms with Gasteiger partial charge in [-0.25, -0.2) is 4.79 Å². The van der Waals surface area contributed by atoms with Crippen LogP contribution in [0.4, 0.5) is 0 Å². The van der Waals surface area contributed by atoms with Gasteiger partial charge in [-0.15, -0.1) is 0 Å². The first-order valence-corrected chi connectivity index (χ1v) is 2.13. The molecule has 0 spiro atoms. The standard InChI is InChI=1S/C5H3BO2/c6-4-1-2-5(7)8-3-4/h1-3H. The molecule has 1 rings (SSSR count). The normalized spacial score (nSPS) is 9.00. The van der Waals surface area contributed by atoms with Crippen molar-refractivity contribution in [3.05, 3.63) is 28.8 Å². The van der Waals surface area contributed by atoms with Gasteiger partial charge in [0.05, 0.1) is 6.26 Å². The van der Waals surface area contributed by atoms with Gasteiger partial charge < -0.3 is 4.42 Å². The van der Waals surface area contributed by atoms with Gasteiger partial charge in [0.25, 0.3) is 0 Å². The summed E-state index contributed by atoms with van der Waals surface area (Å²) in [4.78, 5) is 10.2. The van der Waals surface area contributed by atoms with Gasteiger partial charge in [0.1, 0.15) is 7.85 Å². The Labute approximate surface area is 47.5 Å². The minimum absolute atomic E-state index is 0.376. The van der Waals surface area contributed by atoms with E-state index in [9.17, 15) is 4.79 Å². The molecule has 0 saturated carbocycles. The van der Waals surface area contributed by atoms with E-state index in [0.29, 0.717) is 5.46 Å². The van der Waals surface area contributed by atoms with E-state index < -0.39 is 0 Å². The summed E-state index contributed by atoms with van der Waals surface area (Å²) in [5, 5.41) is 0. The van der Waals surface area contributed by atoms with E-state index in [2.05, 4.69) is 4.42 Å². The number of hydrogen-bond donors (Lipinski definition) is 0. The quantitative estimate of drug-likeness (QED) is 0.414. The van der Waals surface area contributed by atoms with Crippen LogP contribution in [0.25, 0.3) is 0 Å². The first kappa shape index (κ1) is 5.16. The van der Waals surface area contributed by atoms with E-state index in [1.807, 2.05) is 0 Å². The van der Waals surface area contributed by atoms with Crippen molar-refractivity contribution in [3.63, 3.8) is 0 Å². The van der Waals surface area contributed by atoms with Crippen LogP contribution in [-0.4, -0.2) is 7.85 Å². The zero-order valence-corrected chi connectivity index (χ0v) is 4.13. The van der Waals surface area contributed by atoms with Gasteiger partial charge in [-0.05, 0) is 0 Å². The Balaban J connectivity index is 3.22. The molecule has 0 amide bonds. The lowest BCUT2D eigenvalue weighted by Gasteiger charge is -1.82. The molecular formula is C5H3BO2. The lowest BCUT2D eigenvalue weighted by molar-refractivity contribution is 0.514. The van der Waals surface area contributed by atoms with Crippen LogP contribution in [0.15, 0.2) is 27.6 Å². The molecule has 0 unspecified atom stereocenters. The molecule has 38 valence electrons. The Morgan fingerprint density at radius 2 is 2.25 bits per heavy atom. The third-order valence-corrected chi connectivity index (χ3v) is 0.723. The Bertz CT molecular complexity index is 208. The summed E-state index contributed by atoms with van der Waals surface area (Å²) in [6, 6.07) is 2.77. The topological polar surface area (TPSA) is 30.2 Å². The molecule has 2 nitrogen and oxygen atoms in total. The van der Waals surface area contributed by atoms with Crippen molar-refractivity contribution >= 4 is 13.3 Å². The summed E-state index contributed by atoms with van der Waals surface area (Å²) in [6.45, 7) is 0. The lowest BCUT2D eigenvalue weighted by atomic mass is 10.0. The molecule has 0 aromatic carbocycles. The van der Waals surface area contributed by atoms with Gasteiger partial charge in [0.15, 0.2) is 0 Å². The van der Waals surface area contributed by atoms with Gasteiger partial charge in [0.2, 0.25) is 0 Å². The van der Waals surface area contributed by atoms with Crippen LogP contribution in [0.1, 0.15) is 0 Å². The van der Waals surface area contributed by atoms with Gasteiger partial charge >= 0.3 is 5.63 Å². The highest BCUT2D eigenvalue weighted by Crippen LogP contribution is 1.68. The van der Waals surface area contributed by atoms with E-state index in [4.69, 9.17) is 7.85 Å². The second kappa shape index (κ2) is 1.86. The zero-order chi connectivity index (χ0) is 5.98. The highest BCUT2D eigenvalue weighted by molar-refractivity contribution is 6.31. The van der Waals surface area contributed by atoms with Crippen molar-refractivity contribution in [1.29, 1.82) is 0 Å². The van der Waals surface area contributed by atoms with Gasteiger partial charge in [-0.1, -0.05) is 11.5 Å². The van der Waals surface area contributed by atoms with Crippen molar-refractivity contribution < 1.29 is 4.42 Å². The van der Waals surface area contributed by atoms with Crippen molar-refractivity contribution in [2.75, 3.05) is 0 Å². The lowest BCUT2D eigenvalue weighted by Crippen LogP contribution is -2.05. The Hall–Kier alpha value is -0.985. The molecule has 0 bridgehead atoms. The first-order chi connectivity index (χ1) is 3.79. The van der Waals surface area contributed by atoms with Gasteiger partial charge in [0, 0.05) is 6.07 Å². The molecule has 1 heterocycles. The summed E-state index contributed by atoms with van der Waals surface area (Å²) < 4.78 is 4.38. The number of hydrogen-bond acceptors (Lipinski definition) is 2. The monoisotopic (exact) mass is 106 g/mol. The van der Waals surface area contributed by atoms with Crippen LogP contribution in [0.3, 0.4) is 0 Å². The fourth-order valence-electron chi connectivity index (χ4n) is 0.369. The first-order valence-electron chi connectivity index (χ1n) is 2.13. The SMILES string of the molecule is [B]c1ccc(=O)oc1. The highest BCUT2D eigenvalue weighted by atomic mass is 16.4. The third-order valence-electron chi connectivity index (χ3n) is 0.723. The fraction of sp³-hybridized carbons (Fsp3) is 0. The predicted molar refractivity (Wildman–Crippen MR) is 30.4 cm³/mol. The molecule has 0 fully saturated rings. The van der Waals surface area contributed by atoms with Crippen molar-refractivity contribution in [2.45, 2.75) is 0 Å². The Morgan fingerprint density at radius 3 is 2.62 bits per heavy atom. The van der Waals surface area contributed by atoms with Crippen molar-refractivity contribution in [1.82, 2.24) is 0 Å². The van der Waals surface area contributed by atoms with E-state index in [-0.39, 0.29) is 5.63 Å². The third kappa shape index (κ3) is 0.995. The average molecular weight is 106 g/mol. The molecule has 0 saturated heterocycles. The van der Waals surface area contributed by atoms with Gasteiger partial charge in [-0.2, -0.15) is 0 Å². The Morgan fingerprint density at radius 1 is 1.50 bits per heavy atom. The molecule has 0 aliphatic rings. The number of rotatable bonds is 0. The van der Waals surface area contributed by atoms with Crippen LogP contribution in [0.5, 0.6) is 0 Å². The van der Waals surface area contributed by atoms with Crippen LogP contribution in [-0.2, 0) is 0 Å². The minimum Gasteiger partial charge on any atom is -0.432 e. The highest BCUT2D eigenvalue weighted by Gasteiger charge is 1.81. The second-order valence-electron chi connectivity index (χ2n) is 1.39. The van der Waals surface area contributed by atoms with Crippen molar-refractivity contribution in [2.24, 2.45) is 0 Å². The van der Waals surface area contributed by atoms with Crippen LogP contribution < -0.4 is 11.1 Å². The summed E-state index contributed by atoms with van der Waals surface area (Å²) in [5.41, 5.74) is 0.0869. The van der Waals surface area contributed by atoms with Gasteiger partial charge in [-0.3, -0.25) is 0 Å². The smallest absolute Gasteiger partial charge is 0.335 e. The molecule has 8 heavy (non-hydrogen) atoms. The molecule has 3 heteroatoms. The van der Waals surface area contributed by atoms with Crippen molar-refractivity contribution in [3.8, 4) is 0 Å². The average Bonchev–Trinajstić information content (AvgIpc) is 1.77. The molecule has 2 radical (unpaired) electrons.